The van der Waals surface area contributed by atoms with E-state index in [4.69, 9.17) is 10.5 Å². The maximum absolute atomic E-state index is 12.0. The number of carbonyl (C=O) groups excluding carboxylic acids is 1. The summed E-state index contributed by atoms with van der Waals surface area (Å²) in [6, 6.07) is 14.8. The van der Waals surface area contributed by atoms with Crippen molar-refractivity contribution < 1.29 is 9.53 Å². The number of nitrogens with two attached hydrogens (primary N) is 1. The van der Waals surface area contributed by atoms with E-state index in [0.29, 0.717) is 11.2 Å². The predicted octanol–water partition coefficient (Wildman–Crippen LogP) is 2.80. The molecule has 0 saturated heterocycles. The second-order valence-corrected chi connectivity index (χ2v) is 4.41. The van der Waals surface area contributed by atoms with E-state index in [1.54, 1.807) is 18.3 Å². The van der Waals surface area contributed by atoms with Gasteiger partial charge in [-0.15, -0.1) is 0 Å². The molecule has 0 aliphatic carbocycles. The number of nitrogen functional groups attached to an aromatic ring is 1. The van der Waals surface area contributed by atoms with Crippen molar-refractivity contribution in [1.29, 1.82) is 0 Å². The summed E-state index contributed by atoms with van der Waals surface area (Å²) in [7, 11) is 0. The molecule has 2 aromatic carbocycles. The third-order valence-corrected chi connectivity index (χ3v) is 2.97. The molecule has 0 saturated carbocycles. The molecule has 1 heterocycles. The number of aromatic nitrogens is 2. The van der Waals surface area contributed by atoms with Crippen LogP contribution in [0.3, 0.4) is 0 Å². The number of carbonyl (C=O) groups is 1. The molecule has 0 atom stereocenters. The average molecular weight is 267 g/mol. The molecule has 0 fully saturated rings. The Balaban J connectivity index is 1.80. The molecule has 3 rings (SSSR count). The van der Waals surface area contributed by atoms with Crippen LogP contribution >= 0.6 is 0 Å². The molecule has 5 heteroatoms. The molecule has 0 bridgehead atoms. The van der Waals surface area contributed by atoms with Crippen LogP contribution in [-0.2, 0) is 11.3 Å². The first kappa shape index (κ1) is 12.2. The van der Waals surface area contributed by atoms with Crippen molar-refractivity contribution in [2.75, 3.05) is 5.73 Å². The van der Waals surface area contributed by atoms with Crippen LogP contribution in [0, 0.1) is 0 Å². The van der Waals surface area contributed by atoms with Gasteiger partial charge in [-0.1, -0.05) is 30.3 Å². The van der Waals surface area contributed by atoms with Crippen LogP contribution in [-0.4, -0.2) is 15.9 Å². The quantitative estimate of drug-likeness (QED) is 0.725. The minimum Gasteiger partial charge on any atom is -0.443 e. The Hall–Kier alpha value is -2.82. The lowest BCUT2D eigenvalue weighted by Gasteiger charge is -2.05. The van der Waals surface area contributed by atoms with Gasteiger partial charge in [0.15, 0.2) is 0 Å². The molecular formula is C15H13N3O2. The Morgan fingerprint density at radius 2 is 2.00 bits per heavy atom. The third-order valence-electron chi connectivity index (χ3n) is 2.97. The van der Waals surface area contributed by atoms with Crippen molar-refractivity contribution in [3.63, 3.8) is 0 Å². The maximum atomic E-state index is 12.0. The van der Waals surface area contributed by atoms with Gasteiger partial charge in [0, 0.05) is 11.1 Å². The number of nitrogens with zero attached hydrogens (tertiary/aromatic N) is 2. The van der Waals surface area contributed by atoms with Crippen molar-refractivity contribution in [3.8, 4) is 0 Å². The Morgan fingerprint density at radius 3 is 2.80 bits per heavy atom. The summed E-state index contributed by atoms with van der Waals surface area (Å²) in [6.07, 6.45) is 1.09. The van der Waals surface area contributed by atoms with Gasteiger partial charge in [-0.3, -0.25) is 0 Å². The topological polar surface area (TPSA) is 70.1 Å². The molecule has 0 aliphatic rings. The van der Waals surface area contributed by atoms with Gasteiger partial charge in [0.2, 0.25) is 0 Å². The third kappa shape index (κ3) is 2.33. The zero-order valence-corrected chi connectivity index (χ0v) is 10.7. The fraction of sp³-hybridized carbons (Fsp3) is 0.0667. The number of hydrogen-bond donors (Lipinski definition) is 1. The summed E-state index contributed by atoms with van der Waals surface area (Å²) < 4.78 is 6.46. The molecule has 3 aromatic rings. The molecule has 0 radical (unpaired) electrons. The number of benzene rings is 2. The van der Waals surface area contributed by atoms with Crippen LogP contribution in [0.2, 0.25) is 0 Å². The second kappa shape index (κ2) is 5.05. The Morgan fingerprint density at radius 1 is 1.20 bits per heavy atom. The molecule has 100 valence electrons. The van der Waals surface area contributed by atoms with E-state index in [-0.39, 0.29) is 6.61 Å². The fourth-order valence-electron chi connectivity index (χ4n) is 1.96. The number of fused-ring (bicyclic) bond motifs is 1. The molecule has 1 aromatic heterocycles. The van der Waals surface area contributed by atoms with Crippen LogP contribution in [0.15, 0.2) is 54.7 Å². The molecule has 0 spiro atoms. The molecular weight excluding hydrogens is 254 g/mol. The summed E-state index contributed by atoms with van der Waals surface area (Å²) in [6.45, 7) is 0.212. The molecule has 5 nitrogen and oxygen atoms in total. The highest BCUT2D eigenvalue weighted by Crippen LogP contribution is 2.17. The average Bonchev–Trinajstić information content (AvgIpc) is 2.89. The van der Waals surface area contributed by atoms with Gasteiger partial charge in [0.25, 0.3) is 0 Å². The number of anilines is 1. The van der Waals surface area contributed by atoms with Crippen molar-refractivity contribution >= 4 is 22.7 Å². The first-order valence-corrected chi connectivity index (χ1v) is 6.18. The van der Waals surface area contributed by atoms with Crippen molar-refractivity contribution in [2.45, 2.75) is 6.61 Å². The van der Waals surface area contributed by atoms with Gasteiger partial charge >= 0.3 is 6.09 Å². The maximum Gasteiger partial charge on any atom is 0.435 e. The molecule has 0 unspecified atom stereocenters. The Kier molecular flexibility index (Phi) is 3.09. The predicted molar refractivity (Wildman–Crippen MR) is 76.2 cm³/mol. The van der Waals surface area contributed by atoms with Crippen LogP contribution in [0.4, 0.5) is 10.5 Å². The lowest BCUT2D eigenvalue weighted by atomic mass is 10.2. The first-order chi connectivity index (χ1) is 9.74. The second-order valence-electron chi connectivity index (χ2n) is 4.41. The zero-order chi connectivity index (χ0) is 13.9. The largest absolute Gasteiger partial charge is 0.443 e. The highest BCUT2D eigenvalue weighted by atomic mass is 16.6. The Labute approximate surface area is 115 Å². The highest BCUT2D eigenvalue weighted by Gasteiger charge is 2.12. The van der Waals surface area contributed by atoms with Gasteiger partial charge in [0.05, 0.1) is 11.7 Å². The van der Waals surface area contributed by atoms with E-state index in [1.165, 1.54) is 4.68 Å². The minimum atomic E-state index is -0.519. The highest BCUT2D eigenvalue weighted by molar-refractivity contribution is 5.89. The van der Waals surface area contributed by atoms with Crippen LogP contribution in [0.1, 0.15) is 5.56 Å². The SMILES string of the molecule is Nc1ccc2cnn(C(=O)OCc3ccccc3)c2c1. The van der Waals surface area contributed by atoms with Crippen LogP contribution in [0.25, 0.3) is 10.9 Å². The van der Waals surface area contributed by atoms with Crippen molar-refractivity contribution in [1.82, 2.24) is 9.78 Å². The van der Waals surface area contributed by atoms with E-state index in [9.17, 15) is 4.79 Å². The van der Waals surface area contributed by atoms with E-state index in [0.717, 1.165) is 10.9 Å². The number of hydrogen-bond acceptors (Lipinski definition) is 4. The van der Waals surface area contributed by atoms with Gasteiger partial charge in [-0.05, 0) is 23.8 Å². The molecule has 20 heavy (non-hydrogen) atoms. The van der Waals surface area contributed by atoms with E-state index < -0.39 is 6.09 Å². The van der Waals surface area contributed by atoms with Crippen molar-refractivity contribution in [3.05, 3.63) is 60.3 Å². The molecule has 2 N–H and O–H groups in total. The smallest absolute Gasteiger partial charge is 0.435 e. The lowest BCUT2D eigenvalue weighted by molar-refractivity contribution is 0.139. The standard InChI is InChI=1S/C15H13N3O2/c16-13-7-6-12-9-17-18(14(12)8-13)15(19)20-10-11-4-2-1-3-5-11/h1-9H,10,16H2. The summed E-state index contributed by atoms with van der Waals surface area (Å²) in [5.41, 5.74) is 7.87. The van der Waals surface area contributed by atoms with Crippen LogP contribution < -0.4 is 5.73 Å². The minimum absolute atomic E-state index is 0.212. The van der Waals surface area contributed by atoms with Gasteiger partial charge in [-0.25, -0.2) is 4.79 Å². The van der Waals surface area contributed by atoms with Gasteiger partial charge < -0.3 is 10.5 Å². The molecule has 0 aliphatic heterocycles. The number of rotatable bonds is 2. The Bertz CT molecular complexity index is 750. The molecule has 0 amide bonds. The summed E-state index contributed by atoms with van der Waals surface area (Å²) in [4.78, 5) is 12.0. The normalized spacial score (nSPS) is 10.6. The van der Waals surface area contributed by atoms with E-state index in [2.05, 4.69) is 5.10 Å². The fourth-order valence-corrected chi connectivity index (χ4v) is 1.96. The zero-order valence-electron chi connectivity index (χ0n) is 10.7. The van der Waals surface area contributed by atoms with E-state index in [1.807, 2.05) is 36.4 Å². The van der Waals surface area contributed by atoms with Crippen LogP contribution in [0.5, 0.6) is 0 Å². The summed E-state index contributed by atoms with van der Waals surface area (Å²) >= 11 is 0. The van der Waals surface area contributed by atoms with E-state index >= 15 is 0 Å². The lowest BCUT2D eigenvalue weighted by Crippen LogP contribution is -2.14. The summed E-state index contributed by atoms with van der Waals surface area (Å²) in [5.74, 6) is 0. The van der Waals surface area contributed by atoms with Crippen molar-refractivity contribution in [2.24, 2.45) is 0 Å². The number of ether oxygens (including phenoxy) is 1. The summed E-state index contributed by atoms with van der Waals surface area (Å²) in [5, 5.41) is 4.88. The van der Waals surface area contributed by atoms with Gasteiger partial charge in [0.1, 0.15) is 6.61 Å². The first-order valence-electron chi connectivity index (χ1n) is 6.18. The van der Waals surface area contributed by atoms with Gasteiger partial charge in [-0.2, -0.15) is 9.78 Å². The monoisotopic (exact) mass is 267 g/mol.